The third kappa shape index (κ3) is 2.79. The SMILES string of the molecule is CCCn1c(C(=O)O)ccc1-c1cc(F)cc(Cl)c1. The van der Waals surface area contributed by atoms with Crippen LogP contribution in [-0.4, -0.2) is 15.6 Å². The molecule has 0 aliphatic carbocycles. The van der Waals surface area contributed by atoms with E-state index in [1.54, 1.807) is 16.7 Å². The van der Waals surface area contributed by atoms with E-state index in [-0.39, 0.29) is 10.7 Å². The summed E-state index contributed by atoms with van der Waals surface area (Å²) < 4.78 is 15.0. The molecule has 5 heteroatoms. The van der Waals surface area contributed by atoms with Crippen molar-refractivity contribution in [2.45, 2.75) is 19.9 Å². The summed E-state index contributed by atoms with van der Waals surface area (Å²) in [5.74, 6) is -1.44. The zero-order valence-electron chi connectivity index (χ0n) is 10.4. The third-order valence-electron chi connectivity index (χ3n) is 2.81. The second kappa shape index (κ2) is 5.45. The molecule has 0 bridgehead atoms. The van der Waals surface area contributed by atoms with Crippen LogP contribution in [0, 0.1) is 5.82 Å². The molecular weight excluding hydrogens is 269 g/mol. The molecule has 0 aliphatic heterocycles. The van der Waals surface area contributed by atoms with Crippen LogP contribution in [0.3, 0.4) is 0 Å². The highest BCUT2D eigenvalue weighted by Gasteiger charge is 2.15. The number of benzene rings is 1. The molecule has 0 saturated heterocycles. The predicted octanol–water partition coefficient (Wildman–Crippen LogP) is 4.06. The van der Waals surface area contributed by atoms with Crippen molar-refractivity contribution in [3.63, 3.8) is 0 Å². The van der Waals surface area contributed by atoms with E-state index in [2.05, 4.69) is 0 Å². The maximum Gasteiger partial charge on any atom is 0.352 e. The van der Waals surface area contributed by atoms with Gasteiger partial charge in [0.15, 0.2) is 0 Å². The number of halogens is 2. The standard InChI is InChI=1S/C14H13ClFNO2/c1-2-5-17-12(3-4-13(17)14(18)19)9-6-10(15)8-11(16)7-9/h3-4,6-8H,2,5H2,1H3,(H,18,19). The number of carboxylic acid groups (broad SMARTS) is 1. The average molecular weight is 282 g/mol. The molecule has 2 aromatic rings. The van der Waals surface area contributed by atoms with E-state index < -0.39 is 11.8 Å². The molecule has 0 saturated carbocycles. The van der Waals surface area contributed by atoms with Crippen LogP contribution in [0.1, 0.15) is 23.8 Å². The summed E-state index contributed by atoms with van der Waals surface area (Å²) in [6, 6.07) is 7.38. The fourth-order valence-corrected chi connectivity index (χ4v) is 2.29. The highest BCUT2D eigenvalue weighted by molar-refractivity contribution is 6.30. The Morgan fingerprint density at radius 1 is 1.37 bits per heavy atom. The Balaban J connectivity index is 2.58. The van der Waals surface area contributed by atoms with Crippen LogP contribution in [0.5, 0.6) is 0 Å². The summed E-state index contributed by atoms with van der Waals surface area (Å²) in [6.07, 6.45) is 0.783. The van der Waals surface area contributed by atoms with Gasteiger partial charge in [0.05, 0.1) is 0 Å². The van der Waals surface area contributed by atoms with Gasteiger partial charge >= 0.3 is 5.97 Å². The number of aromatic carboxylic acids is 1. The molecule has 1 aromatic heterocycles. The molecule has 0 aliphatic rings. The van der Waals surface area contributed by atoms with Gasteiger partial charge in [-0.15, -0.1) is 0 Å². The van der Waals surface area contributed by atoms with Crippen LogP contribution in [-0.2, 0) is 6.54 Å². The topological polar surface area (TPSA) is 42.2 Å². The van der Waals surface area contributed by atoms with Crippen molar-refractivity contribution in [3.8, 4) is 11.3 Å². The van der Waals surface area contributed by atoms with Gasteiger partial charge in [0.25, 0.3) is 0 Å². The van der Waals surface area contributed by atoms with Crippen LogP contribution in [0.4, 0.5) is 4.39 Å². The maximum absolute atomic E-state index is 13.4. The summed E-state index contributed by atoms with van der Waals surface area (Å²) in [7, 11) is 0. The highest BCUT2D eigenvalue weighted by atomic mass is 35.5. The van der Waals surface area contributed by atoms with Crippen molar-refractivity contribution in [2.24, 2.45) is 0 Å². The molecule has 3 nitrogen and oxygen atoms in total. The Morgan fingerprint density at radius 3 is 2.68 bits per heavy atom. The molecular formula is C14H13ClFNO2. The minimum Gasteiger partial charge on any atom is -0.477 e. The van der Waals surface area contributed by atoms with Gasteiger partial charge in [-0.3, -0.25) is 0 Å². The third-order valence-corrected chi connectivity index (χ3v) is 3.02. The Labute approximate surface area is 115 Å². The lowest BCUT2D eigenvalue weighted by atomic mass is 10.1. The highest BCUT2D eigenvalue weighted by Crippen LogP contribution is 2.27. The maximum atomic E-state index is 13.4. The molecule has 0 unspecified atom stereocenters. The van der Waals surface area contributed by atoms with Gasteiger partial charge in [-0.25, -0.2) is 9.18 Å². The lowest BCUT2D eigenvalue weighted by Gasteiger charge is -2.11. The largest absolute Gasteiger partial charge is 0.477 e. The van der Waals surface area contributed by atoms with Gasteiger partial charge in [-0.1, -0.05) is 18.5 Å². The molecule has 1 aromatic carbocycles. The van der Waals surface area contributed by atoms with Crippen LogP contribution in [0.25, 0.3) is 11.3 Å². The number of carboxylic acids is 1. The molecule has 0 amide bonds. The molecule has 2 rings (SSSR count). The van der Waals surface area contributed by atoms with Gasteiger partial charge in [-0.05, 0) is 36.8 Å². The first-order chi connectivity index (χ1) is 9.02. The van der Waals surface area contributed by atoms with Gasteiger partial charge < -0.3 is 9.67 Å². The van der Waals surface area contributed by atoms with Crippen molar-refractivity contribution in [2.75, 3.05) is 0 Å². The summed E-state index contributed by atoms with van der Waals surface area (Å²) >= 11 is 5.83. The Kier molecular flexibility index (Phi) is 3.90. The number of hydrogen-bond donors (Lipinski definition) is 1. The molecule has 0 atom stereocenters. The fraction of sp³-hybridized carbons (Fsp3) is 0.214. The lowest BCUT2D eigenvalue weighted by Crippen LogP contribution is -2.09. The molecule has 0 spiro atoms. The monoisotopic (exact) mass is 281 g/mol. The van der Waals surface area contributed by atoms with Crippen molar-refractivity contribution in [1.82, 2.24) is 4.57 Å². The zero-order chi connectivity index (χ0) is 14.0. The van der Waals surface area contributed by atoms with Crippen molar-refractivity contribution >= 4 is 17.6 Å². The number of rotatable bonds is 4. The second-order valence-corrected chi connectivity index (χ2v) is 4.66. The van der Waals surface area contributed by atoms with Crippen LogP contribution in [0.15, 0.2) is 30.3 Å². The first-order valence-electron chi connectivity index (χ1n) is 5.92. The van der Waals surface area contributed by atoms with E-state index in [0.717, 1.165) is 6.42 Å². The average Bonchev–Trinajstić information content (AvgIpc) is 2.72. The Bertz CT molecular complexity index is 602. The number of carbonyl (C=O) groups is 1. The summed E-state index contributed by atoms with van der Waals surface area (Å²) in [6.45, 7) is 2.51. The Hall–Kier alpha value is -1.81. The summed E-state index contributed by atoms with van der Waals surface area (Å²) in [4.78, 5) is 11.2. The molecule has 19 heavy (non-hydrogen) atoms. The normalized spacial score (nSPS) is 10.7. The number of nitrogens with zero attached hydrogens (tertiary/aromatic N) is 1. The number of hydrogen-bond acceptors (Lipinski definition) is 1. The van der Waals surface area contributed by atoms with Crippen molar-refractivity contribution < 1.29 is 14.3 Å². The smallest absolute Gasteiger partial charge is 0.352 e. The minimum atomic E-state index is -0.998. The predicted molar refractivity (Wildman–Crippen MR) is 72.1 cm³/mol. The molecule has 0 radical (unpaired) electrons. The first-order valence-corrected chi connectivity index (χ1v) is 6.30. The van der Waals surface area contributed by atoms with E-state index in [9.17, 15) is 9.18 Å². The first kappa shape index (κ1) is 13.6. The van der Waals surface area contributed by atoms with Gasteiger partial charge in [0.2, 0.25) is 0 Å². The molecule has 1 N–H and O–H groups in total. The van der Waals surface area contributed by atoms with Crippen LogP contribution >= 0.6 is 11.6 Å². The van der Waals surface area contributed by atoms with Crippen molar-refractivity contribution in [1.29, 1.82) is 0 Å². The molecule has 0 fully saturated rings. The fourth-order valence-electron chi connectivity index (χ4n) is 2.07. The van der Waals surface area contributed by atoms with Gasteiger partial charge in [0, 0.05) is 22.8 Å². The van der Waals surface area contributed by atoms with E-state index in [1.807, 2.05) is 6.92 Å². The number of aromatic nitrogens is 1. The van der Waals surface area contributed by atoms with E-state index in [0.29, 0.717) is 17.8 Å². The van der Waals surface area contributed by atoms with E-state index >= 15 is 0 Å². The molecule has 100 valence electrons. The zero-order valence-corrected chi connectivity index (χ0v) is 11.1. The van der Waals surface area contributed by atoms with Crippen molar-refractivity contribution in [3.05, 3.63) is 46.9 Å². The second-order valence-electron chi connectivity index (χ2n) is 4.22. The lowest BCUT2D eigenvalue weighted by molar-refractivity contribution is 0.0685. The van der Waals surface area contributed by atoms with Crippen LogP contribution in [0.2, 0.25) is 5.02 Å². The van der Waals surface area contributed by atoms with E-state index in [4.69, 9.17) is 16.7 Å². The van der Waals surface area contributed by atoms with Crippen LogP contribution < -0.4 is 0 Å². The van der Waals surface area contributed by atoms with E-state index in [1.165, 1.54) is 18.2 Å². The van der Waals surface area contributed by atoms with Gasteiger partial charge in [-0.2, -0.15) is 0 Å². The molecule has 1 heterocycles. The summed E-state index contributed by atoms with van der Waals surface area (Å²) in [5, 5.41) is 9.43. The Morgan fingerprint density at radius 2 is 2.11 bits per heavy atom. The summed E-state index contributed by atoms with van der Waals surface area (Å²) in [5.41, 5.74) is 1.42. The van der Waals surface area contributed by atoms with Gasteiger partial charge in [0.1, 0.15) is 11.5 Å². The minimum absolute atomic E-state index is 0.192. The quantitative estimate of drug-likeness (QED) is 0.918.